The number of nitrogens with zero attached hydrogens (tertiary/aromatic N) is 1. The molecule has 1 aliphatic carbocycles. The Balaban J connectivity index is 1.50. The molecule has 1 saturated carbocycles. The minimum absolute atomic E-state index is 0.0440. The maximum atomic E-state index is 13.8. The van der Waals surface area contributed by atoms with Crippen molar-refractivity contribution >= 4 is 11.6 Å². The van der Waals surface area contributed by atoms with Crippen LogP contribution in [0.4, 0.5) is 10.1 Å². The van der Waals surface area contributed by atoms with Gasteiger partial charge in [-0.2, -0.15) is 0 Å². The van der Waals surface area contributed by atoms with E-state index in [4.69, 9.17) is 0 Å². The summed E-state index contributed by atoms with van der Waals surface area (Å²) < 4.78 is 13.8. The van der Waals surface area contributed by atoms with Gasteiger partial charge in [0.25, 0.3) is 0 Å². The lowest BCUT2D eigenvalue weighted by atomic mass is 9.78. The van der Waals surface area contributed by atoms with Gasteiger partial charge in [0.2, 0.25) is 5.91 Å². The van der Waals surface area contributed by atoms with Crippen LogP contribution in [0.5, 0.6) is 0 Å². The number of pyridine rings is 1. The molecule has 28 heavy (non-hydrogen) atoms. The summed E-state index contributed by atoms with van der Waals surface area (Å²) in [5, 5.41) is 3.06. The molecule has 4 heteroatoms. The smallest absolute Gasteiger partial charge is 0.235 e. The molecule has 2 aromatic carbocycles. The molecular formula is C24H23FN2O. The normalized spacial score (nSPS) is 15.3. The van der Waals surface area contributed by atoms with Gasteiger partial charge in [-0.25, -0.2) is 4.39 Å². The van der Waals surface area contributed by atoms with E-state index in [9.17, 15) is 9.18 Å². The van der Waals surface area contributed by atoms with Gasteiger partial charge < -0.3 is 5.32 Å². The van der Waals surface area contributed by atoms with E-state index >= 15 is 0 Å². The SMILES string of the molecule is O=C(Nc1ccc(Cc2ccncc2)cc1)C1(c2cccc(F)c2)CCCC1. The highest BCUT2D eigenvalue weighted by Gasteiger charge is 2.42. The van der Waals surface area contributed by atoms with Crippen molar-refractivity contribution in [2.24, 2.45) is 0 Å². The number of carbonyl (C=O) groups excluding carboxylic acids is 1. The highest BCUT2D eigenvalue weighted by Crippen LogP contribution is 2.42. The van der Waals surface area contributed by atoms with Crippen molar-refractivity contribution in [1.82, 2.24) is 4.98 Å². The predicted octanol–water partition coefficient (Wildman–Crippen LogP) is 5.26. The monoisotopic (exact) mass is 374 g/mol. The second-order valence-electron chi connectivity index (χ2n) is 7.48. The number of hydrogen-bond donors (Lipinski definition) is 1. The van der Waals surface area contributed by atoms with Crippen LogP contribution in [0.15, 0.2) is 73.1 Å². The lowest BCUT2D eigenvalue weighted by Gasteiger charge is -2.28. The highest BCUT2D eigenvalue weighted by atomic mass is 19.1. The van der Waals surface area contributed by atoms with Crippen molar-refractivity contribution in [2.45, 2.75) is 37.5 Å². The van der Waals surface area contributed by atoms with Crippen LogP contribution in [-0.4, -0.2) is 10.9 Å². The topological polar surface area (TPSA) is 42.0 Å². The Bertz CT molecular complexity index is 948. The van der Waals surface area contributed by atoms with Crippen molar-refractivity contribution in [2.75, 3.05) is 5.32 Å². The quantitative estimate of drug-likeness (QED) is 0.662. The van der Waals surface area contributed by atoms with Crippen LogP contribution in [0.3, 0.4) is 0 Å². The third kappa shape index (κ3) is 3.81. The van der Waals surface area contributed by atoms with Gasteiger partial charge in [-0.3, -0.25) is 9.78 Å². The fourth-order valence-electron chi connectivity index (χ4n) is 4.10. The van der Waals surface area contributed by atoms with Gasteiger partial charge in [0.15, 0.2) is 0 Å². The van der Waals surface area contributed by atoms with Crippen LogP contribution in [0, 0.1) is 5.82 Å². The first-order valence-corrected chi connectivity index (χ1v) is 9.71. The van der Waals surface area contributed by atoms with Crippen molar-refractivity contribution in [3.8, 4) is 0 Å². The summed E-state index contributed by atoms with van der Waals surface area (Å²) in [4.78, 5) is 17.2. The van der Waals surface area contributed by atoms with E-state index in [1.807, 2.05) is 42.5 Å². The third-order valence-electron chi connectivity index (χ3n) is 5.64. The van der Waals surface area contributed by atoms with Crippen LogP contribution in [0.1, 0.15) is 42.4 Å². The summed E-state index contributed by atoms with van der Waals surface area (Å²) in [6, 6.07) is 18.4. The number of aromatic nitrogens is 1. The molecule has 0 saturated heterocycles. The molecule has 1 aliphatic rings. The van der Waals surface area contributed by atoms with E-state index in [2.05, 4.69) is 10.3 Å². The number of amides is 1. The predicted molar refractivity (Wildman–Crippen MR) is 109 cm³/mol. The first-order valence-electron chi connectivity index (χ1n) is 9.71. The Kier molecular flexibility index (Phi) is 5.20. The molecule has 1 amide bonds. The van der Waals surface area contributed by atoms with Gasteiger partial charge >= 0.3 is 0 Å². The zero-order chi connectivity index (χ0) is 19.4. The van der Waals surface area contributed by atoms with Crippen LogP contribution < -0.4 is 5.32 Å². The molecule has 3 nitrogen and oxygen atoms in total. The molecule has 1 fully saturated rings. The summed E-state index contributed by atoms with van der Waals surface area (Å²) in [5.74, 6) is -0.338. The molecule has 0 unspecified atom stereocenters. The molecular weight excluding hydrogens is 351 g/mol. The molecule has 0 radical (unpaired) electrons. The van der Waals surface area contributed by atoms with Crippen LogP contribution in [0.25, 0.3) is 0 Å². The molecule has 3 aromatic rings. The van der Waals surface area contributed by atoms with Crippen molar-refractivity contribution in [3.05, 3.63) is 95.6 Å². The Hall–Kier alpha value is -3.01. The number of rotatable bonds is 5. The molecule has 1 N–H and O–H groups in total. The summed E-state index contributed by atoms with van der Waals surface area (Å²) in [6.07, 6.45) is 7.87. The van der Waals surface area contributed by atoms with Crippen molar-refractivity contribution in [1.29, 1.82) is 0 Å². The molecule has 0 bridgehead atoms. The zero-order valence-corrected chi connectivity index (χ0v) is 15.7. The molecule has 142 valence electrons. The van der Waals surface area contributed by atoms with Crippen molar-refractivity contribution < 1.29 is 9.18 Å². The first kappa shape index (κ1) is 18.4. The summed E-state index contributed by atoms with van der Waals surface area (Å²) in [7, 11) is 0. The standard InChI is InChI=1S/C24H23FN2O/c25-21-5-3-4-20(17-21)24(12-1-2-13-24)23(28)27-22-8-6-18(7-9-22)16-19-10-14-26-15-11-19/h3-11,14-15,17H,1-2,12-13,16H2,(H,27,28). The molecule has 1 heterocycles. The fourth-order valence-corrected chi connectivity index (χ4v) is 4.10. The molecule has 0 atom stereocenters. The fraction of sp³-hybridized carbons (Fsp3) is 0.250. The van der Waals surface area contributed by atoms with E-state index in [-0.39, 0.29) is 11.7 Å². The van der Waals surface area contributed by atoms with Gasteiger partial charge in [0.1, 0.15) is 5.82 Å². The molecule has 0 spiro atoms. The lowest BCUT2D eigenvalue weighted by molar-refractivity contribution is -0.121. The number of anilines is 1. The van der Waals surface area contributed by atoms with E-state index in [0.717, 1.165) is 43.4 Å². The van der Waals surface area contributed by atoms with Gasteiger partial charge in [-0.15, -0.1) is 0 Å². The Morgan fingerprint density at radius 1 is 0.964 bits per heavy atom. The Morgan fingerprint density at radius 3 is 2.32 bits per heavy atom. The highest BCUT2D eigenvalue weighted by molar-refractivity contribution is 5.99. The number of carbonyl (C=O) groups is 1. The average Bonchev–Trinajstić information content (AvgIpc) is 3.22. The number of benzene rings is 2. The van der Waals surface area contributed by atoms with Gasteiger partial charge in [0, 0.05) is 18.1 Å². The van der Waals surface area contributed by atoms with E-state index in [1.165, 1.54) is 23.3 Å². The number of nitrogens with one attached hydrogen (secondary N) is 1. The third-order valence-corrected chi connectivity index (χ3v) is 5.64. The van der Waals surface area contributed by atoms with E-state index < -0.39 is 5.41 Å². The lowest BCUT2D eigenvalue weighted by Crippen LogP contribution is -2.38. The van der Waals surface area contributed by atoms with Gasteiger partial charge in [-0.05, 0) is 72.4 Å². The minimum Gasteiger partial charge on any atom is -0.325 e. The summed E-state index contributed by atoms with van der Waals surface area (Å²) >= 11 is 0. The second-order valence-corrected chi connectivity index (χ2v) is 7.48. The largest absolute Gasteiger partial charge is 0.325 e. The number of halogens is 1. The molecule has 1 aromatic heterocycles. The van der Waals surface area contributed by atoms with E-state index in [0.29, 0.717) is 0 Å². The number of hydrogen-bond acceptors (Lipinski definition) is 2. The van der Waals surface area contributed by atoms with Crippen LogP contribution in [0.2, 0.25) is 0 Å². The average molecular weight is 374 g/mol. The Morgan fingerprint density at radius 2 is 1.64 bits per heavy atom. The maximum absolute atomic E-state index is 13.8. The molecule has 4 rings (SSSR count). The summed E-state index contributed by atoms with van der Waals surface area (Å²) in [6.45, 7) is 0. The van der Waals surface area contributed by atoms with Crippen molar-refractivity contribution in [3.63, 3.8) is 0 Å². The maximum Gasteiger partial charge on any atom is 0.235 e. The molecule has 0 aliphatic heterocycles. The van der Waals surface area contributed by atoms with Crippen LogP contribution >= 0.6 is 0 Å². The second kappa shape index (κ2) is 7.93. The van der Waals surface area contributed by atoms with Gasteiger partial charge in [0.05, 0.1) is 5.41 Å². The van der Waals surface area contributed by atoms with Gasteiger partial charge in [-0.1, -0.05) is 37.1 Å². The summed E-state index contributed by atoms with van der Waals surface area (Å²) in [5.41, 5.74) is 3.27. The minimum atomic E-state index is -0.641. The van der Waals surface area contributed by atoms with E-state index in [1.54, 1.807) is 18.5 Å². The zero-order valence-electron chi connectivity index (χ0n) is 15.7. The van der Waals surface area contributed by atoms with Crippen LogP contribution in [-0.2, 0) is 16.6 Å². The Labute approximate surface area is 164 Å². The first-order chi connectivity index (χ1) is 13.7.